The molecule has 6 nitrogen and oxygen atoms in total. The molecule has 1 aliphatic carbocycles. The molecule has 186 valence electrons. The number of hydrogen-bond acceptors (Lipinski definition) is 6. The number of nitrogen functional groups attached to an aromatic ring is 1. The fraction of sp³-hybridized carbons (Fsp3) is 0.308. The van der Waals surface area contributed by atoms with E-state index in [0.29, 0.717) is 16.2 Å². The van der Waals surface area contributed by atoms with Crippen LogP contribution < -0.4 is 16.4 Å². The number of alkyl halides is 3. The number of piperidine rings is 1. The third kappa shape index (κ3) is 3.70. The lowest BCUT2D eigenvalue weighted by atomic mass is 9.73. The van der Waals surface area contributed by atoms with E-state index in [0.717, 1.165) is 56.1 Å². The highest BCUT2D eigenvalue weighted by molar-refractivity contribution is 7.99. The van der Waals surface area contributed by atoms with Crippen molar-refractivity contribution in [1.29, 1.82) is 0 Å². The van der Waals surface area contributed by atoms with Gasteiger partial charge in [0.05, 0.1) is 10.6 Å². The highest BCUT2D eigenvalue weighted by Crippen LogP contribution is 2.51. The van der Waals surface area contributed by atoms with Gasteiger partial charge < -0.3 is 16.4 Å². The Morgan fingerprint density at radius 2 is 1.81 bits per heavy atom. The highest BCUT2D eigenvalue weighted by atomic mass is 32.2. The van der Waals surface area contributed by atoms with Crippen molar-refractivity contribution < 1.29 is 13.2 Å². The normalized spacial score (nSPS) is 19.2. The SMILES string of the molecule is Nc1cc(N2CCC3(CC2)Cc2ccccc2[C@H]3N)n2ccnc2c1Sc1cccnc1C(F)(F)F. The second-order valence-electron chi connectivity index (χ2n) is 9.56. The summed E-state index contributed by atoms with van der Waals surface area (Å²) in [6, 6.07) is 13.2. The lowest BCUT2D eigenvalue weighted by molar-refractivity contribution is -0.143. The number of aromatic nitrogens is 3. The third-order valence-corrected chi connectivity index (χ3v) is 8.74. The van der Waals surface area contributed by atoms with Crippen molar-refractivity contribution in [3.63, 3.8) is 0 Å². The van der Waals surface area contributed by atoms with Gasteiger partial charge in [0.2, 0.25) is 0 Å². The van der Waals surface area contributed by atoms with Crippen molar-refractivity contribution in [1.82, 2.24) is 14.4 Å². The van der Waals surface area contributed by atoms with Crippen LogP contribution in [0.1, 0.15) is 35.7 Å². The van der Waals surface area contributed by atoms with Gasteiger partial charge in [-0.3, -0.25) is 9.38 Å². The van der Waals surface area contributed by atoms with Gasteiger partial charge in [-0.05, 0) is 47.9 Å². The number of pyridine rings is 2. The van der Waals surface area contributed by atoms with E-state index in [2.05, 4.69) is 33.1 Å². The van der Waals surface area contributed by atoms with Crippen LogP contribution in [0.2, 0.25) is 0 Å². The lowest BCUT2D eigenvalue weighted by Crippen LogP contribution is -2.44. The van der Waals surface area contributed by atoms with Crippen LogP contribution in [-0.2, 0) is 12.6 Å². The average Bonchev–Trinajstić information content (AvgIpc) is 3.45. The molecule has 4 heterocycles. The van der Waals surface area contributed by atoms with Crippen LogP contribution in [-0.4, -0.2) is 27.5 Å². The number of hydrogen-bond donors (Lipinski definition) is 2. The molecule has 10 heteroatoms. The van der Waals surface area contributed by atoms with E-state index in [4.69, 9.17) is 11.5 Å². The Kier molecular flexibility index (Phi) is 5.42. The molecule has 1 aromatic carbocycles. The van der Waals surface area contributed by atoms with Gasteiger partial charge >= 0.3 is 6.18 Å². The lowest BCUT2D eigenvalue weighted by Gasteiger charge is -2.43. The predicted molar refractivity (Wildman–Crippen MR) is 134 cm³/mol. The van der Waals surface area contributed by atoms with Crippen LogP contribution in [0.3, 0.4) is 0 Å². The molecule has 0 saturated carbocycles. The monoisotopic (exact) mass is 510 g/mol. The molecule has 1 atom stereocenters. The zero-order valence-electron chi connectivity index (χ0n) is 19.4. The Labute approximate surface area is 210 Å². The minimum absolute atomic E-state index is 0.0101. The fourth-order valence-corrected chi connectivity index (χ4v) is 6.74. The molecule has 4 aromatic rings. The van der Waals surface area contributed by atoms with Crippen molar-refractivity contribution >= 4 is 28.9 Å². The second kappa shape index (κ2) is 8.41. The van der Waals surface area contributed by atoms with E-state index < -0.39 is 11.9 Å². The molecule has 2 aliphatic rings. The minimum atomic E-state index is -4.56. The molecule has 4 N–H and O–H groups in total. The highest BCUT2D eigenvalue weighted by Gasteiger charge is 2.46. The molecular formula is C26H25F3N6S. The molecule has 0 radical (unpaired) electrons. The van der Waals surface area contributed by atoms with Crippen molar-refractivity contribution in [2.45, 2.75) is 41.3 Å². The fourth-order valence-electron chi connectivity index (χ4n) is 5.69. The van der Waals surface area contributed by atoms with Crippen LogP contribution in [0.25, 0.3) is 5.65 Å². The average molecular weight is 511 g/mol. The molecule has 1 spiro atoms. The first-order valence-corrected chi connectivity index (χ1v) is 12.6. The Morgan fingerprint density at radius 3 is 2.56 bits per heavy atom. The Bertz CT molecular complexity index is 1440. The third-order valence-electron chi connectivity index (χ3n) is 7.56. The maximum absolute atomic E-state index is 13.5. The number of benzene rings is 1. The van der Waals surface area contributed by atoms with Crippen LogP contribution in [0.15, 0.2) is 70.8 Å². The van der Waals surface area contributed by atoms with Gasteiger partial charge in [0.15, 0.2) is 11.3 Å². The predicted octanol–water partition coefficient (Wildman–Crippen LogP) is 5.32. The van der Waals surface area contributed by atoms with Crippen molar-refractivity contribution in [2.75, 3.05) is 23.7 Å². The van der Waals surface area contributed by atoms with E-state index in [-0.39, 0.29) is 16.4 Å². The zero-order valence-corrected chi connectivity index (χ0v) is 20.2. The van der Waals surface area contributed by atoms with E-state index in [9.17, 15) is 13.2 Å². The van der Waals surface area contributed by atoms with E-state index in [1.165, 1.54) is 23.3 Å². The quantitative estimate of drug-likeness (QED) is 0.388. The summed E-state index contributed by atoms with van der Waals surface area (Å²) in [5.41, 5.74) is 15.8. The standard InChI is InChI=1S/C26H25F3N6S/c27-26(28,29)23-19(6-3-9-32-23)36-21-18(30)14-20(35-13-10-33-24(21)35)34-11-7-25(8-12-34)15-16-4-1-2-5-17(16)22(25)31/h1-6,9-10,13-14,22H,7-8,11-12,15,30-31H2/t22-/m1/s1. The van der Waals surface area contributed by atoms with Gasteiger partial charge in [0, 0.05) is 48.7 Å². The van der Waals surface area contributed by atoms with E-state index in [1.54, 1.807) is 6.20 Å². The molecule has 0 bridgehead atoms. The summed E-state index contributed by atoms with van der Waals surface area (Å²) in [6.45, 7) is 1.61. The number of fused-ring (bicyclic) bond motifs is 2. The molecule has 1 saturated heterocycles. The summed E-state index contributed by atoms with van der Waals surface area (Å²) in [7, 11) is 0. The first kappa shape index (κ1) is 23.2. The maximum atomic E-state index is 13.5. The van der Waals surface area contributed by atoms with Crippen molar-refractivity contribution in [3.05, 3.63) is 77.9 Å². The van der Waals surface area contributed by atoms with Crippen molar-refractivity contribution in [2.24, 2.45) is 11.1 Å². The molecule has 0 amide bonds. The second-order valence-corrected chi connectivity index (χ2v) is 10.6. The molecule has 1 aliphatic heterocycles. The van der Waals surface area contributed by atoms with Crippen LogP contribution in [0.4, 0.5) is 24.7 Å². The molecule has 1 fully saturated rings. The van der Waals surface area contributed by atoms with Gasteiger partial charge in [-0.25, -0.2) is 4.98 Å². The van der Waals surface area contributed by atoms with Crippen LogP contribution in [0, 0.1) is 5.41 Å². The maximum Gasteiger partial charge on any atom is 0.434 e. The largest absolute Gasteiger partial charge is 0.434 e. The topological polar surface area (TPSA) is 85.5 Å². The van der Waals surface area contributed by atoms with E-state index >= 15 is 0 Å². The summed E-state index contributed by atoms with van der Waals surface area (Å²) in [4.78, 5) is 10.7. The number of imidazole rings is 1. The molecule has 3 aromatic heterocycles. The number of nitrogens with two attached hydrogens (primary N) is 2. The van der Waals surface area contributed by atoms with Gasteiger partial charge in [0.1, 0.15) is 5.82 Å². The summed E-state index contributed by atoms with van der Waals surface area (Å²) in [5, 5.41) is 0. The van der Waals surface area contributed by atoms with Gasteiger partial charge in [-0.2, -0.15) is 13.2 Å². The summed E-state index contributed by atoms with van der Waals surface area (Å²) < 4.78 is 42.4. The molecular weight excluding hydrogens is 485 g/mol. The number of nitrogens with zero attached hydrogens (tertiary/aromatic N) is 4. The minimum Gasteiger partial charge on any atom is -0.398 e. The first-order chi connectivity index (χ1) is 17.3. The van der Waals surface area contributed by atoms with Gasteiger partial charge in [-0.1, -0.05) is 36.0 Å². The Hall–Kier alpha value is -3.24. The molecule has 0 unspecified atom stereocenters. The van der Waals surface area contributed by atoms with Crippen LogP contribution >= 0.6 is 11.8 Å². The first-order valence-electron chi connectivity index (χ1n) is 11.8. The Morgan fingerprint density at radius 1 is 1.03 bits per heavy atom. The summed E-state index contributed by atoms with van der Waals surface area (Å²) in [6.07, 6.45) is 2.93. The molecule has 36 heavy (non-hydrogen) atoms. The zero-order chi connectivity index (χ0) is 25.1. The Balaban J connectivity index is 1.29. The van der Waals surface area contributed by atoms with Gasteiger partial charge in [0.25, 0.3) is 0 Å². The van der Waals surface area contributed by atoms with Crippen LogP contribution in [0.5, 0.6) is 0 Å². The van der Waals surface area contributed by atoms with Gasteiger partial charge in [-0.15, -0.1) is 0 Å². The number of halogens is 3. The molecule has 6 rings (SSSR count). The van der Waals surface area contributed by atoms with Crippen molar-refractivity contribution in [3.8, 4) is 0 Å². The van der Waals surface area contributed by atoms with E-state index in [1.807, 2.05) is 22.7 Å². The summed E-state index contributed by atoms with van der Waals surface area (Å²) in [5.74, 6) is 0.880. The summed E-state index contributed by atoms with van der Waals surface area (Å²) >= 11 is 0.940. The smallest absolute Gasteiger partial charge is 0.398 e. The number of anilines is 2. The number of rotatable bonds is 3.